The van der Waals surface area contributed by atoms with Crippen LogP contribution in [0.4, 0.5) is 0 Å². The summed E-state index contributed by atoms with van der Waals surface area (Å²) in [5.74, 6) is 0.414. The van der Waals surface area contributed by atoms with Crippen molar-refractivity contribution in [3.63, 3.8) is 0 Å². The maximum Gasteiger partial charge on any atom is 0.327 e. The number of fused-ring (bicyclic) bond motifs is 2. The number of H-pyrrole nitrogens is 2. The zero-order valence-corrected chi connectivity index (χ0v) is 16.0. The van der Waals surface area contributed by atoms with Crippen LogP contribution in [0.15, 0.2) is 41.6 Å². The van der Waals surface area contributed by atoms with E-state index in [0.29, 0.717) is 18.1 Å². The van der Waals surface area contributed by atoms with Gasteiger partial charge in [-0.05, 0) is 50.8 Å². The number of aromatic nitrogens is 5. The summed E-state index contributed by atoms with van der Waals surface area (Å²) in [7, 11) is 0. The average Bonchev–Trinajstić information content (AvgIpc) is 3.24. The molecular weight excluding hydrogens is 354 g/mol. The van der Waals surface area contributed by atoms with Gasteiger partial charge in [0.15, 0.2) is 5.65 Å². The SMILES string of the molecule is C[C@@H]1C[C@H](Cn2c(=O)[nH]c3ncc(-c4cnc5[nH]ccc5c4)cc32)C[C@H](C)O1. The van der Waals surface area contributed by atoms with E-state index >= 15 is 0 Å². The first-order valence-electron chi connectivity index (χ1n) is 9.74. The van der Waals surface area contributed by atoms with E-state index in [-0.39, 0.29) is 17.9 Å². The first kappa shape index (κ1) is 17.2. The fourth-order valence-electron chi connectivity index (χ4n) is 4.42. The minimum atomic E-state index is -0.106. The fraction of sp³-hybridized carbons (Fsp3) is 0.381. The molecule has 0 aromatic carbocycles. The highest BCUT2D eigenvalue weighted by Gasteiger charge is 2.25. The van der Waals surface area contributed by atoms with Gasteiger partial charge in [0.2, 0.25) is 0 Å². The normalized spacial score (nSPS) is 22.9. The Morgan fingerprint density at radius 1 is 1.11 bits per heavy atom. The highest BCUT2D eigenvalue weighted by molar-refractivity contribution is 5.84. The van der Waals surface area contributed by atoms with Crippen LogP contribution in [0.2, 0.25) is 0 Å². The van der Waals surface area contributed by atoms with Gasteiger partial charge in [-0.1, -0.05) is 0 Å². The van der Waals surface area contributed by atoms with Gasteiger partial charge in [-0.2, -0.15) is 0 Å². The lowest BCUT2D eigenvalue weighted by atomic mass is 9.92. The highest BCUT2D eigenvalue weighted by atomic mass is 16.5. The molecule has 0 spiro atoms. The summed E-state index contributed by atoms with van der Waals surface area (Å²) in [6.45, 7) is 4.88. The largest absolute Gasteiger partial charge is 0.376 e. The molecule has 5 rings (SSSR count). The second-order valence-corrected chi connectivity index (χ2v) is 7.87. The third-order valence-electron chi connectivity index (χ3n) is 5.60. The molecule has 7 nitrogen and oxygen atoms in total. The molecule has 144 valence electrons. The summed E-state index contributed by atoms with van der Waals surface area (Å²) < 4.78 is 7.66. The van der Waals surface area contributed by atoms with Crippen molar-refractivity contribution in [2.45, 2.75) is 45.4 Å². The number of hydrogen-bond acceptors (Lipinski definition) is 4. The number of hydrogen-bond donors (Lipinski definition) is 2. The van der Waals surface area contributed by atoms with Crippen LogP contribution in [0.3, 0.4) is 0 Å². The van der Waals surface area contributed by atoms with Crippen molar-refractivity contribution in [2.75, 3.05) is 0 Å². The van der Waals surface area contributed by atoms with Crippen molar-refractivity contribution in [3.05, 3.63) is 47.3 Å². The van der Waals surface area contributed by atoms with Gasteiger partial charge in [-0.25, -0.2) is 14.8 Å². The minimum Gasteiger partial charge on any atom is -0.376 e. The molecule has 4 aromatic rings. The molecular formula is C21H23N5O2. The number of imidazole rings is 1. The summed E-state index contributed by atoms with van der Waals surface area (Å²) in [4.78, 5) is 27.5. The summed E-state index contributed by atoms with van der Waals surface area (Å²) in [5.41, 5.74) is 4.14. The number of nitrogens with one attached hydrogen (secondary N) is 2. The Labute approximate surface area is 161 Å². The predicted octanol–water partition coefficient (Wildman–Crippen LogP) is 3.47. The number of rotatable bonds is 3. The van der Waals surface area contributed by atoms with Crippen molar-refractivity contribution >= 4 is 22.2 Å². The van der Waals surface area contributed by atoms with Crippen molar-refractivity contribution in [1.82, 2.24) is 24.5 Å². The first-order chi connectivity index (χ1) is 13.6. The molecule has 1 aliphatic rings. The van der Waals surface area contributed by atoms with E-state index in [4.69, 9.17) is 4.74 Å². The van der Waals surface area contributed by atoms with Crippen molar-refractivity contribution < 1.29 is 4.74 Å². The maximum absolute atomic E-state index is 12.6. The Balaban J connectivity index is 1.53. The zero-order valence-electron chi connectivity index (χ0n) is 16.0. The predicted molar refractivity (Wildman–Crippen MR) is 108 cm³/mol. The van der Waals surface area contributed by atoms with Gasteiger partial charge in [0.05, 0.1) is 17.7 Å². The number of ether oxygens (including phenoxy) is 1. The summed E-state index contributed by atoms with van der Waals surface area (Å²) >= 11 is 0. The molecule has 7 heteroatoms. The molecule has 28 heavy (non-hydrogen) atoms. The molecule has 1 fully saturated rings. The van der Waals surface area contributed by atoms with Gasteiger partial charge in [0.25, 0.3) is 0 Å². The lowest BCUT2D eigenvalue weighted by molar-refractivity contribution is -0.0548. The second kappa shape index (κ2) is 6.60. The Kier molecular flexibility index (Phi) is 4.05. The van der Waals surface area contributed by atoms with E-state index in [0.717, 1.165) is 40.5 Å². The molecule has 2 N–H and O–H groups in total. The van der Waals surface area contributed by atoms with Gasteiger partial charge in [-0.3, -0.25) is 9.55 Å². The summed E-state index contributed by atoms with van der Waals surface area (Å²) in [6.07, 6.45) is 7.87. The van der Waals surface area contributed by atoms with E-state index < -0.39 is 0 Å². The zero-order chi connectivity index (χ0) is 19.3. The van der Waals surface area contributed by atoms with Crippen LogP contribution in [0, 0.1) is 5.92 Å². The molecule has 0 bridgehead atoms. The quantitative estimate of drug-likeness (QED) is 0.572. The van der Waals surface area contributed by atoms with E-state index in [1.807, 2.05) is 29.1 Å². The maximum atomic E-state index is 12.6. The molecule has 1 aliphatic heterocycles. The Morgan fingerprint density at radius 3 is 2.61 bits per heavy atom. The van der Waals surface area contributed by atoms with Crippen LogP contribution in [0.1, 0.15) is 26.7 Å². The molecule has 0 unspecified atom stereocenters. The lowest BCUT2D eigenvalue weighted by Crippen LogP contribution is -2.33. The molecule has 5 heterocycles. The highest BCUT2D eigenvalue weighted by Crippen LogP contribution is 2.28. The smallest absolute Gasteiger partial charge is 0.327 e. The molecule has 3 atom stereocenters. The van der Waals surface area contributed by atoms with Crippen molar-refractivity contribution in [2.24, 2.45) is 5.92 Å². The van der Waals surface area contributed by atoms with E-state index in [1.54, 1.807) is 6.20 Å². The van der Waals surface area contributed by atoms with Gasteiger partial charge < -0.3 is 9.72 Å². The molecule has 0 saturated carbocycles. The van der Waals surface area contributed by atoms with Gasteiger partial charge in [0.1, 0.15) is 5.65 Å². The Morgan fingerprint density at radius 2 is 1.82 bits per heavy atom. The lowest BCUT2D eigenvalue weighted by Gasteiger charge is -2.32. The number of nitrogens with zero attached hydrogens (tertiary/aromatic N) is 3. The van der Waals surface area contributed by atoms with Crippen LogP contribution in [0.5, 0.6) is 0 Å². The second-order valence-electron chi connectivity index (χ2n) is 7.87. The van der Waals surface area contributed by atoms with Crippen molar-refractivity contribution in [1.29, 1.82) is 0 Å². The molecule has 0 amide bonds. The summed E-state index contributed by atoms with van der Waals surface area (Å²) in [5, 5.41) is 1.05. The van der Waals surface area contributed by atoms with Crippen LogP contribution < -0.4 is 5.69 Å². The third-order valence-corrected chi connectivity index (χ3v) is 5.60. The van der Waals surface area contributed by atoms with Gasteiger partial charge >= 0.3 is 5.69 Å². The van der Waals surface area contributed by atoms with Crippen LogP contribution in [-0.4, -0.2) is 36.7 Å². The van der Waals surface area contributed by atoms with Crippen LogP contribution in [-0.2, 0) is 11.3 Å². The Hall–Kier alpha value is -2.93. The molecule has 0 aliphatic carbocycles. The topological polar surface area (TPSA) is 88.6 Å². The standard InChI is InChI=1S/C21H23N5O2/c1-12-5-14(6-13(2)28-12)11-26-18-8-17(10-24-20(18)25-21(26)27)16-7-15-3-4-22-19(15)23-9-16/h3-4,7-10,12-14H,5-6,11H2,1-2H3,(H,22,23)(H,24,25,27)/t12-,13+,14+. The monoisotopic (exact) mass is 377 g/mol. The van der Waals surface area contributed by atoms with Gasteiger partial charge in [-0.15, -0.1) is 0 Å². The molecule has 1 saturated heterocycles. The minimum absolute atomic E-state index is 0.106. The number of pyridine rings is 2. The summed E-state index contributed by atoms with van der Waals surface area (Å²) in [6, 6.07) is 6.11. The Bertz CT molecular complexity index is 1190. The van der Waals surface area contributed by atoms with E-state index in [1.165, 1.54) is 0 Å². The number of aromatic amines is 2. The van der Waals surface area contributed by atoms with Crippen molar-refractivity contribution in [3.8, 4) is 11.1 Å². The average molecular weight is 377 g/mol. The van der Waals surface area contributed by atoms with Crippen LogP contribution >= 0.6 is 0 Å². The van der Waals surface area contributed by atoms with Gasteiger partial charge in [0, 0.05) is 41.6 Å². The fourth-order valence-corrected chi connectivity index (χ4v) is 4.42. The third kappa shape index (κ3) is 3.01. The first-order valence-corrected chi connectivity index (χ1v) is 9.74. The molecule has 4 aromatic heterocycles. The van der Waals surface area contributed by atoms with E-state index in [2.05, 4.69) is 39.8 Å². The molecule has 0 radical (unpaired) electrons. The van der Waals surface area contributed by atoms with E-state index in [9.17, 15) is 4.79 Å². The van der Waals surface area contributed by atoms with Crippen LogP contribution in [0.25, 0.3) is 33.3 Å².